The molecular weight excluding hydrogens is 444 g/mol. The Morgan fingerprint density at radius 2 is 1.47 bits per heavy atom. The molecule has 2 aliphatic rings. The van der Waals surface area contributed by atoms with Gasteiger partial charge in [-0.05, 0) is 37.3 Å². The van der Waals surface area contributed by atoms with Crippen LogP contribution in [0.1, 0.15) is 44.3 Å². The number of carboxylic acid groups (broad SMARTS) is 1. The monoisotopic (exact) mass is 464 g/mol. The Labute approximate surface area is 193 Å². The van der Waals surface area contributed by atoms with E-state index in [4.69, 9.17) is 15.2 Å². The van der Waals surface area contributed by atoms with Crippen molar-refractivity contribution in [3.8, 4) is 23.0 Å². The first-order chi connectivity index (χ1) is 16.1. The lowest BCUT2D eigenvalue weighted by Gasteiger charge is -2.36. The van der Waals surface area contributed by atoms with Crippen molar-refractivity contribution < 1.29 is 39.2 Å². The van der Waals surface area contributed by atoms with Gasteiger partial charge in [0.05, 0.1) is 17.2 Å². The smallest absolute Gasteiger partial charge is 0.341 e. The highest BCUT2D eigenvalue weighted by atomic mass is 16.6. The van der Waals surface area contributed by atoms with Crippen LogP contribution in [0.2, 0.25) is 0 Å². The van der Waals surface area contributed by atoms with Gasteiger partial charge in [0.15, 0.2) is 5.60 Å². The zero-order valence-corrected chi connectivity index (χ0v) is 17.8. The van der Waals surface area contributed by atoms with E-state index in [-0.39, 0.29) is 34.1 Å². The number of aromatic hydroxyl groups is 2. The highest BCUT2D eigenvalue weighted by molar-refractivity contribution is 6.06. The minimum Gasteiger partial charge on any atom is -0.508 e. The van der Waals surface area contributed by atoms with Crippen LogP contribution in [0.4, 0.5) is 0 Å². The number of carboxylic acids is 1. The molecular formula is C24H20N2O8. The molecule has 0 fully saturated rings. The molecule has 0 unspecified atom stereocenters. The van der Waals surface area contributed by atoms with Gasteiger partial charge in [-0.15, -0.1) is 0 Å². The molecule has 1 spiro atoms. The van der Waals surface area contributed by atoms with Crippen molar-refractivity contribution in [2.24, 2.45) is 11.5 Å². The van der Waals surface area contributed by atoms with Crippen LogP contribution in [-0.4, -0.2) is 39.2 Å². The van der Waals surface area contributed by atoms with E-state index in [1.165, 1.54) is 30.3 Å². The molecule has 1 amide bonds. The molecule has 2 heterocycles. The molecule has 0 aromatic heterocycles. The number of phenolic OH excluding ortho intramolecular Hbond substituents is 2. The normalized spacial score (nSPS) is 14.9. The zero-order valence-electron chi connectivity index (χ0n) is 17.8. The number of benzene rings is 3. The minimum absolute atomic E-state index is 0.0325. The van der Waals surface area contributed by atoms with Crippen molar-refractivity contribution in [1.29, 1.82) is 0 Å². The Bertz CT molecular complexity index is 1300. The van der Waals surface area contributed by atoms with E-state index in [0.717, 1.165) is 0 Å². The highest BCUT2D eigenvalue weighted by Crippen LogP contribution is 2.57. The molecule has 10 nitrogen and oxygen atoms in total. The van der Waals surface area contributed by atoms with Gasteiger partial charge in [0.25, 0.3) is 0 Å². The molecule has 0 bridgehead atoms. The van der Waals surface area contributed by atoms with Crippen LogP contribution in [0.25, 0.3) is 0 Å². The Kier molecular flexibility index (Phi) is 5.38. The number of aromatic carboxylic acids is 1. The standard InChI is InChI=1S/C21H12O7.C3H8N2O/c22-10-4-6-13-16(8-10)27-17-9-11(23)5-7-14(17)21(13)15-3-1-2-12(19(24)25)18(15)20(26)28-21;1-2(4)3(5)6/h1-9,22-23H,(H,24,25);2H,4H2,1H3,(H2,5,6)/t;2-/m.0/s1. The molecule has 7 N–H and O–H groups in total. The van der Waals surface area contributed by atoms with Gasteiger partial charge < -0.3 is 36.3 Å². The third-order valence-electron chi connectivity index (χ3n) is 5.48. The molecule has 3 aromatic rings. The fraction of sp³-hybridized carbons (Fsp3) is 0.125. The summed E-state index contributed by atoms with van der Waals surface area (Å²) >= 11 is 0. The number of fused-ring (bicyclic) bond motifs is 6. The SMILES string of the molecule is C[C@H](N)C(N)=O.O=C(O)c1cccc2c1C(=O)OC21c2ccc(O)cc2Oc2cc(O)ccc21. The first-order valence-corrected chi connectivity index (χ1v) is 10.1. The van der Waals surface area contributed by atoms with Crippen LogP contribution in [0.5, 0.6) is 23.0 Å². The topological polar surface area (TPSA) is 182 Å². The average Bonchev–Trinajstić information content (AvgIpc) is 3.06. The predicted octanol–water partition coefficient (Wildman–Crippen LogP) is 2.18. The third kappa shape index (κ3) is 3.46. The molecule has 1 atom stereocenters. The van der Waals surface area contributed by atoms with Gasteiger partial charge in [0, 0.05) is 28.8 Å². The van der Waals surface area contributed by atoms with E-state index in [9.17, 15) is 29.7 Å². The lowest BCUT2D eigenvalue weighted by Crippen LogP contribution is -2.32. The predicted molar refractivity (Wildman–Crippen MR) is 118 cm³/mol. The number of phenols is 2. The van der Waals surface area contributed by atoms with E-state index in [1.54, 1.807) is 31.2 Å². The van der Waals surface area contributed by atoms with E-state index in [0.29, 0.717) is 16.7 Å². The number of ether oxygens (including phenoxy) is 2. The van der Waals surface area contributed by atoms with Crippen molar-refractivity contribution >= 4 is 17.8 Å². The van der Waals surface area contributed by atoms with Crippen molar-refractivity contribution in [3.63, 3.8) is 0 Å². The summed E-state index contributed by atoms with van der Waals surface area (Å²) in [4.78, 5) is 34.2. The number of hydrogen-bond donors (Lipinski definition) is 5. The van der Waals surface area contributed by atoms with Gasteiger partial charge in [0.2, 0.25) is 5.91 Å². The lowest BCUT2D eigenvalue weighted by molar-refractivity contribution is -0.118. The van der Waals surface area contributed by atoms with Crippen LogP contribution < -0.4 is 16.2 Å². The quantitative estimate of drug-likeness (QED) is 0.355. The first kappa shape index (κ1) is 22.6. The van der Waals surface area contributed by atoms with Gasteiger partial charge >= 0.3 is 11.9 Å². The summed E-state index contributed by atoms with van der Waals surface area (Å²) in [5, 5.41) is 29.3. The fourth-order valence-corrected chi connectivity index (χ4v) is 3.93. The maximum absolute atomic E-state index is 12.8. The van der Waals surface area contributed by atoms with Crippen LogP contribution in [0.15, 0.2) is 54.6 Å². The Morgan fingerprint density at radius 1 is 0.941 bits per heavy atom. The second-order valence-corrected chi connectivity index (χ2v) is 7.76. The largest absolute Gasteiger partial charge is 0.508 e. The maximum atomic E-state index is 12.8. The second kappa shape index (κ2) is 8.09. The number of primary amides is 1. The first-order valence-electron chi connectivity index (χ1n) is 10.1. The van der Waals surface area contributed by atoms with Crippen molar-refractivity contribution in [2.75, 3.05) is 0 Å². The zero-order chi connectivity index (χ0) is 24.8. The number of hydrogen-bond acceptors (Lipinski definition) is 8. The van der Waals surface area contributed by atoms with Crippen LogP contribution in [0, 0.1) is 0 Å². The number of carbonyl (C=O) groups is 3. The molecule has 0 aliphatic carbocycles. The summed E-state index contributed by atoms with van der Waals surface area (Å²) in [5.74, 6) is -2.11. The Balaban J connectivity index is 0.000000408. The van der Waals surface area contributed by atoms with Crippen molar-refractivity contribution in [2.45, 2.75) is 18.6 Å². The fourth-order valence-electron chi connectivity index (χ4n) is 3.93. The molecule has 5 rings (SSSR count). The van der Waals surface area contributed by atoms with Crippen LogP contribution in [0.3, 0.4) is 0 Å². The molecule has 174 valence electrons. The summed E-state index contributed by atoms with van der Waals surface area (Å²) in [6, 6.07) is 12.7. The molecule has 34 heavy (non-hydrogen) atoms. The number of amides is 1. The minimum atomic E-state index is -1.46. The van der Waals surface area contributed by atoms with Gasteiger partial charge in [-0.3, -0.25) is 4.79 Å². The van der Waals surface area contributed by atoms with Crippen molar-refractivity contribution in [3.05, 3.63) is 82.4 Å². The number of rotatable bonds is 2. The maximum Gasteiger partial charge on any atom is 0.341 e. The van der Waals surface area contributed by atoms with Crippen molar-refractivity contribution in [1.82, 2.24) is 0 Å². The summed E-state index contributed by atoms with van der Waals surface area (Å²) in [6.07, 6.45) is 0. The number of carbonyl (C=O) groups excluding carboxylic acids is 2. The second-order valence-electron chi connectivity index (χ2n) is 7.76. The van der Waals surface area contributed by atoms with Gasteiger partial charge in [-0.2, -0.15) is 0 Å². The summed E-state index contributed by atoms with van der Waals surface area (Å²) in [6.45, 7) is 1.54. The van der Waals surface area contributed by atoms with Gasteiger partial charge in [-0.1, -0.05) is 12.1 Å². The van der Waals surface area contributed by atoms with E-state index in [1.807, 2.05) is 0 Å². The van der Waals surface area contributed by atoms with Crippen LogP contribution >= 0.6 is 0 Å². The highest BCUT2D eigenvalue weighted by Gasteiger charge is 2.54. The lowest BCUT2D eigenvalue weighted by atomic mass is 9.77. The van der Waals surface area contributed by atoms with Gasteiger partial charge in [0.1, 0.15) is 23.0 Å². The van der Waals surface area contributed by atoms with Gasteiger partial charge in [-0.25, -0.2) is 9.59 Å². The number of nitrogens with two attached hydrogens (primary N) is 2. The van der Waals surface area contributed by atoms with E-state index in [2.05, 4.69) is 5.73 Å². The summed E-state index contributed by atoms with van der Waals surface area (Å²) in [5.41, 5.74) is 9.23. The summed E-state index contributed by atoms with van der Waals surface area (Å²) in [7, 11) is 0. The van der Waals surface area contributed by atoms with E-state index < -0.39 is 29.5 Å². The van der Waals surface area contributed by atoms with Crippen LogP contribution in [-0.2, 0) is 15.1 Å². The average molecular weight is 464 g/mol. The van der Waals surface area contributed by atoms with E-state index >= 15 is 0 Å². The third-order valence-corrected chi connectivity index (χ3v) is 5.48. The molecule has 2 aliphatic heterocycles. The Hall–Kier alpha value is -4.57. The molecule has 0 radical (unpaired) electrons. The molecule has 10 heteroatoms. The Morgan fingerprint density at radius 3 is 1.94 bits per heavy atom. The molecule has 0 saturated heterocycles. The molecule has 3 aromatic carbocycles. The number of esters is 1. The molecule has 0 saturated carbocycles. The summed E-state index contributed by atoms with van der Waals surface area (Å²) < 4.78 is 11.7.